The smallest absolute Gasteiger partial charge is 0.116 e. The minimum Gasteiger partial charge on any atom is -0.249 e. The van der Waals surface area contributed by atoms with Crippen LogP contribution in [-0.4, -0.2) is 17.5 Å². The molecule has 1 rings (SSSR count). The van der Waals surface area contributed by atoms with Crippen LogP contribution < -0.4 is 0 Å². The predicted molar refractivity (Wildman–Crippen MR) is 34.2 cm³/mol. The van der Waals surface area contributed by atoms with Crippen molar-refractivity contribution in [3.05, 3.63) is 0 Å². The fourth-order valence-electron chi connectivity index (χ4n) is 0.328. The zero-order chi connectivity index (χ0) is 5.11. The molecule has 0 amide bonds. The number of hydrogen-bond donors (Lipinski definition) is 0. The Labute approximate surface area is 47.0 Å². The molecule has 0 atom stereocenters. The van der Waals surface area contributed by atoms with Crippen LogP contribution in [0.15, 0.2) is 9.98 Å². The first-order valence-corrected chi connectivity index (χ1v) is 2.37. The van der Waals surface area contributed by atoms with Gasteiger partial charge in [0.1, 0.15) is 11.3 Å². The van der Waals surface area contributed by atoms with E-state index in [1.807, 2.05) is 0 Å². The summed E-state index contributed by atoms with van der Waals surface area (Å²) in [4.78, 5) is 8.18. The lowest BCUT2D eigenvalue weighted by molar-refractivity contribution is 1.50. The molecule has 1 aliphatic heterocycles. The van der Waals surface area contributed by atoms with E-state index in [9.17, 15) is 0 Å². The van der Waals surface area contributed by atoms with Crippen molar-refractivity contribution in [3.8, 4) is 0 Å². The summed E-state index contributed by atoms with van der Waals surface area (Å²) in [5.41, 5.74) is 0. The second kappa shape index (κ2) is 1.93. The van der Waals surface area contributed by atoms with Gasteiger partial charge < -0.3 is 0 Å². The van der Waals surface area contributed by atoms with E-state index in [2.05, 4.69) is 9.98 Å². The average molecular weight is 112 g/mol. The normalized spacial score (nSPS) is 18.0. The molecule has 0 fully saturated rings. The monoisotopic (exact) mass is 112 g/mol. The van der Waals surface area contributed by atoms with Crippen LogP contribution in [0.5, 0.6) is 0 Å². The van der Waals surface area contributed by atoms with E-state index >= 15 is 0 Å². The summed E-state index contributed by atoms with van der Waals surface area (Å²) in [5.74, 6) is 0. The van der Waals surface area contributed by atoms with Crippen LogP contribution in [0.3, 0.4) is 0 Å². The fraction of sp³-hybridized carbons (Fsp3) is 0.250. The van der Waals surface area contributed by atoms with Gasteiger partial charge in [-0.05, 0) is 0 Å². The van der Waals surface area contributed by atoms with Crippen molar-refractivity contribution < 1.29 is 0 Å². The van der Waals surface area contributed by atoms with E-state index in [-0.39, 0.29) is 0 Å². The summed E-state index contributed by atoms with van der Waals surface area (Å²) in [6.07, 6.45) is 3.94. The van der Waals surface area contributed by atoms with Gasteiger partial charge in [-0.15, -0.1) is 0 Å². The maximum atomic E-state index is 4.72. The molecule has 0 aromatic carbocycles. The van der Waals surface area contributed by atoms with Crippen molar-refractivity contribution in [1.29, 1.82) is 0 Å². The lowest BCUT2D eigenvalue weighted by Gasteiger charge is -1.91. The molecule has 7 heavy (non-hydrogen) atoms. The van der Waals surface area contributed by atoms with Crippen molar-refractivity contribution in [2.24, 2.45) is 9.98 Å². The first-order valence-electron chi connectivity index (χ1n) is 1.96. The molecule has 0 aromatic rings. The number of aliphatic imine (C=N–C) groups is 2. The molecule has 0 aliphatic carbocycles. The van der Waals surface area contributed by atoms with Gasteiger partial charge >= 0.3 is 0 Å². The van der Waals surface area contributed by atoms with Gasteiger partial charge in [0.25, 0.3) is 0 Å². The molecule has 2 nitrogen and oxygen atoms in total. The number of nitrogens with zero attached hydrogens (tertiary/aromatic N) is 2. The molecule has 1 aliphatic rings. The van der Waals surface area contributed by atoms with E-state index in [1.54, 1.807) is 6.21 Å². The van der Waals surface area contributed by atoms with Gasteiger partial charge in [-0.2, -0.15) is 0 Å². The van der Waals surface area contributed by atoms with Gasteiger partial charge in [-0.3, -0.25) is 0 Å². The van der Waals surface area contributed by atoms with E-state index in [0.717, 1.165) is 11.4 Å². The summed E-state index contributed by atoms with van der Waals surface area (Å²) < 4.78 is 0. The summed E-state index contributed by atoms with van der Waals surface area (Å²) >= 11 is 4.72. The molecule has 0 spiro atoms. The Balaban J connectivity index is 2.66. The highest BCUT2D eigenvalue weighted by atomic mass is 32.1. The largest absolute Gasteiger partial charge is 0.249 e. The van der Waals surface area contributed by atoms with Gasteiger partial charge in [-0.25, -0.2) is 9.98 Å². The third-order valence-corrected chi connectivity index (χ3v) is 0.912. The fourth-order valence-corrected chi connectivity index (χ4v) is 0.450. The van der Waals surface area contributed by atoms with Crippen LogP contribution in [-0.2, 0) is 0 Å². The van der Waals surface area contributed by atoms with Gasteiger partial charge in [-0.1, -0.05) is 12.2 Å². The quantitative estimate of drug-likeness (QED) is 0.426. The molecule has 0 N–H and O–H groups in total. The average Bonchev–Trinajstić information content (AvgIpc) is 1.69. The second-order valence-electron chi connectivity index (χ2n) is 1.17. The lowest BCUT2D eigenvalue weighted by atomic mass is 10.4. The lowest BCUT2D eigenvalue weighted by Crippen LogP contribution is -1.95. The van der Waals surface area contributed by atoms with Crippen molar-refractivity contribution >= 4 is 29.8 Å². The zero-order valence-electron chi connectivity index (χ0n) is 3.66. The predicted octanol–water partition coefficient (Wildman–Crippen LogP) is 0.817. The first-order chi connectivity index (χ1) is 3.39. The van der Waals surface area contributed by atoms with Crippen molar-refractivity contribution in [3.63, 3.8) is 0 Å². The summed E-state index contributed by atoms with van der Waals surface area (Å²) in [5, 5.41) is 0. The summed E-state index contributed by atoms with van der Waals surface area (Å²) in [7, 11) is 0. The minimum atomic E-state index is 0.718. The third-order valence-electron chi connectivity index (χ3n) is 0.640. The van der Waals surface area contributed by atoms with Crippen molar-refractivity contribution in [1.82, 2.24) is 0 Å². The molecule has 0 bridgehead atoms. The molecule has 1 heterocycles. The van der Waals surface area contributed by atoms with Crippen molar-refractivity contribution in [2.75, 3.05) is 0 Å². The van der Waals surface area contributed by atoms with E-state index in [0.29, 0.717) is 0 Å². The Morgan fingerprint density at radius 2 is 2.57 bits per heavy atom. The van der Waals surface area contributed by atoms with Crippen molar-refractivity contribution in [2.45, 2.75) is 6.42 Å². The summed E-state index contributed by atoms with van der Waals surface area (Å²) in [6, 6.07) is 0. The maximum Gasteiger partial charge on any atom is 0.116 e. The third kappa shape index (κ3) is 1.16. The van der Waals surface area contributed by atoms with Crippen LogP contribution in [0.4, 0.5) is 0 Å². The minimum absolute atomic E-state index is 0.718. The number of hydrogen-bond acceptors (Lipinski definition) is 2. The van der Waals surface area contributed by atoms with Crippen LogP contribution >= 0.6 is 12.2 Å². The van der Waals surface area contributed by atoms with Gasteiger partial charge in [0.2, 0.25) is 0 Å². The molecule has 36 valence electrons. The highest BCUT2D eigenvalue weighted by molar-refractivity contribution is 7.80. The Hall–Kier alpha value is -0.570. The molecule has 0 unspecified atom stereocenters. The Bertz CT molecular complexity index is 137. The zero-order valence-corrected chi connectivity index (χ0v) is 4.48. The maximum absolute atomic E-state index is 4.72. The van der Waals surface area contributed by atoms with Gasteiger partial charge in [0.15, 0.2) is 0 Å². The molecule has 0 saturated heterocycles. The molecular weight excluding hydrogens is 108 g/mol. The van der Waals surface area contributed by atoms with E-state index in [4.69, 9.17) is 12.2 Å². The van der Waals surface area contributed by atoms with E-state index in [1.165, 1.54) is 6.34 Å². The second-order valence-corrected chi connectivity index (χ2v) is 1.65. The van der Waals surface area contributed by atoms with Gasteiger partial charge in [0, 0.05) is 12.6 Å². The van der Waals surface area contributed by atoms with Crippen LogP contribution in [0.2, 0.25) is 0 Å². The van der Waals surface area contributed by atoms with Crippen LogP contribution in [0, 0.1) is 0 Å². The molecule has 0 aromatic heterocycles. The number of thiocarbonyl (C=S) groups is 1. The highest BCUT2D eigenvalue weighted by Gasteiger charge is 1.89. The topological polar surface area (TPSA) is 24.7 Å². The molecule has 0 radical (unpaired) electrons. The Morgan fingerprint density at radius 1 is 1.71 bits per heavy atom. The molecule has 3 heteroatoms. The van der Waals surface area contributed by atoms with Crippen LogP contribution in [0.25, 0.3) is 0 Å². The molecular formula is C4H4N2S. The van der Waals surface area contributed by atoms with E-state index < -0.39 is 0 Å². The van der Waals surface area contributed by atoms with Crippen LogP contribution in [0.1, 0.15) is 6.42 Å². The SMILES string of the molecule is S=C1CC=NC=N1. The molecule has 0 saturated carbocycles. The first kappa shape index (κ1) is 4.59. The number of rotatable bonds is 0. The standard InChI is InChI=1S/C4H4N2S/c7-4-1-2-5-3-6-4/h2-3H,1H2. The summed E-state index contributed by atoms with van der Waals surface area (Å²) in [6.45, 7) is 0. The Morgan fingerprint density at radius 3 is 2.86 bits per heavy atom. The highest BCUT2D eigenvalue weighted by Crippen LogP contribution is 1.88. The Kier molecular flexibility index (Phi) is 1.26. The van der Waals surface area contributed by atoms with Gasteiger partial charge in [0.05, 0.1) is 0 Å².